The number of nitrogens with one attached hydrogen (secondary N) is 1. The molecule has 1 aliphatic rings. The maximum absolute atomic E-state index is 12.4. The molecule has 2 aromatic rings. The molecule has 6 heteroatoms. The van der Waals surface area contributed by atoms with E-state index in [0.29, 0.717) is 0 Å². The Morgan fingerprint density at radius 2 is 1.50 bits per heavy atom. The number of benzene rings is 2. The van der Waals surface area contributed by atoms with Gasteiger partial charge in [-0.05, 0) is 35.2 Å². The van der Waals surface area contributed by atoms with Crippen LogP contribution >= 0.6 is 0 Å². The first kappa shape index (κ1) is 18.7. The molecule has 0 radical (unpaired) electrons. The Morgan fingerprint density at radius 1 is 0.962 bits per heavy atom. The standard InChI is InChI=1S/C20H23F3N2O/c1-2-15-3-5-16(6-4-15)19(25-13-11-24-12-14-25)17-7-9-18(10-8-17)26-20(21,22)23/h3-10,19,24H,2,11-14H2,1H3/t19-/m0/s1. The van der Waals surface area contributed by atoms with Crippen molar-refractivity contribution in [3.8, 4) is 5.75 Å². The molecule has 0 bridgehead atoms. The summed E-state index contributed by atoms with van der Waals surface area (Å²) in [6, 6.07) is 14.7. The highest BCUT2D eigenvalue weighted by molar-refractivity contribution is 5.37. The van der Waals surface area contributed by atoms with E-state index in [1.807, 2.05) is 0 Å². The van der Waals surface area contributed by atoms with Crippen LogP contribution in [-0.2, 0) is 6.42 Å². The second-order valence-corrected chi connectivity index (χ2v) is 6.40. The summed E-state index contributed by atoms with van der Waals surface area (Å²) in [7, 11) is 0. The van der Waals surface area contributed by atoms with Gasteiger partial charge in [0.2, 0.25) is 0 Å². The summed E-state index contributed by atoms with van der Waals surface area (Å²) in [6.45, 7) is 5.70. The number of alkyl halides is 3. The van der Waals surface area contributed by atoms with Gasteiger partial charge in [0, 0.05) is 26.2 Å². The van der Waals surface area contributed by atoms with Crippen LogP contribution in [-0.4, -0.2) is 37.4 Å². The summed E-state index contributed by atoms with van der Waals surface area (Å²) in [4.78, 5) is 2.36. The summed E-state index contributed by atoms with van der Waals surface area (Å²) in [5, 5.41) is 3.34. The minimum Gasteiger partial charge on any atom is -0.406 e. The van der Waals surface area contributed by atoms with E-state index in [1.54, 1.807) is 12.1 Å². The van der Waals surface area contributed by atoms with Gasteiger partial charge in [-0.25, -0.2) is 0 Å². The quantitative estimate of drug-likeness (QED) is 0.863. The zero-order valence-electron chi connectivity index (χ0n) is 14.7. The topological polar surface area (TPSA) is 24.5 Å². The zero-order valence-corrected chi connectivity index (χ0v) is 14.7. The fourth-order valence-electron chi connectivity index (χ4n) is 3.34. The van der Waals surface area contributed by atoms with Crippen LogP contribution < -0.4 is 10.1 Å². The van der Waals surface area contributed by atoms with Gasteiger partial charge >= 0.3 is 6.36 Å². The summed E-state index contributed by atoms with van der Waals surface area (Å²) < 4.78 is 41.2. The van der Waals surface area contributed by atoms with E-state index in [4.69, 9.17) is 0 Å². The third-order valence-corrected chi connectivity index (χ3v) is 4.65. The zero-order chi connectivity index (χ0) is 18.6. The van der Waals surface area contributed by atoms with E-state index in [-0.39, 0.29) is 11.8 Å². The van der Waals surface area contributed by atoms with Crippen LogP contribution in [0.15, 0.2) is 48.5 Å². The summed E-state index contributed by atoms with van der Waals surface area (Å²) >= 11 is 0. The fourth-order valence-corrected chi connectivity index (χ4v) is 3.34. The Morgan fingerprint density at radius 3 is 2.00 bits per heavy atom. The number of halogens is 3. The molecule has 140 valence electrons. The fraction of sp³-hybridized carbons (Fsp3) is 0.400. The Labute approximate surface area is 151 Å². The molecule has 1 aliphatic heterocycles. The predicted octanol–water partition coefficient (Wildman–Crippen LogP) is 4.14. The van der Waals surface area contributed by atoms with Crippen molar-refractivity contribution in [1.29, 1.82) is 0 Å². The van der Waals surface area contributed by atoms with Crippen molar-refractivity contribution in [2.24, 2.45) is 0 Å². The van der Waals surface area contributed by atoms with Gasteiger partial charge < -0.3 is 10.1 Å². The Balaban J connectivity index is 1.89. The minimum absolute atomic E-state index is 0.0166. The molecule has 26 heavy (non-hydrogen) atoms. The monoisotopic (exact) mass is 364 g/mol. The van der Waals surface area contributed by atoms with Crippen LogP contribution in [0.1, 0.15) is 29.7 Å². The normalized spacial score (nSPS) is 17.1. The molecule has 0 unspecified atom stereocenters. The van der Waals surface area contributed by atoms with E-state index in [1.165, 1.54) is 17.7 Å². The van der Waals surface area contributed by atoms with Crippen molar-refractivity contribution in [1.82, 2.24) is 10.2 Å². The maximum Gasteiger partial charge on any atom is 0.573 e. The molecule has 2 aromatic carbocycles. The number of rotatable bonds is 5. The summed E-state index contributed by atoms with van der Waals surface area (Å²) in [5.41, 5.74) is 3.38. The minimum atomic E-state index is -4.67. The average Bonchev–Trinajstić information content (AvgIpc) is 2.64. The molecule has 0 amide bonds. The van der Waals surface area contributed by atoms with E-state index in [0.717, 1.165) is 43.7 Å². The SMILES string of the molecule is CCc1ccc([C@@H](c2ccc(OC(F)(F)F)cc2)N2CCNCC2)cc1. The molecular weight excluding hydrogens is 341 g/mol. The number of ether oxygens (including phenoxy) is 1. The number of hydrogen-bond acceptors (Lipinski definition) is 3. The molecular formula is C20H23F3N2O. The highest BCUT2D eigenvalue weighted by Crippen LogP contribution is 2.31. The molecule has 3 rings (SSSR count). The first-order valence-electron chi connectivity index (χ1n) is 8.85. The lowest BCUT2D eigenvalue weighted by Crippen LogP contribution is -2.45. The van der Waals surface area contributed by atoms with Crippen molar-refractivity contribution in [2.45, 2.75) is 25.7 Å². The van der Waals surface area contributed by atoms with Crippen molar-refractivity contribution in [3.05, 3.63) is 65.2 Å². The van der Waals surface area contributed by atoms with Crippen molar-refractivity contribution in [3.63, 3.8) is 0 Å². The van der Waals surface area contributed by atoms with Crippen LogP contribution in [0.3, 0.4) is 0 Å². The lowest BCUT2D eigenvalue weighted by molar-refractivity contribution is -0.274. The first-order chi connectivity index (χ1) is 12.5. The molecule has 0 aliphatic carbocycles. The largest absolute Gasteiger partial charge is 0.573 e. The van der Waals surface area contributed by atoms with E-state index in [9.17, 15) is 13.2 Å². The van der Waals surface area contributed by atoms with Gasteiger partial charge in [0.15, 0.2) is 0 Å². The van der Waals surface area contributed by atoms with Crippen molar-refractivity contribution < 1.29 is 17.9 Å². The van der Waals surface area contributed by atoms with Gasteiger partial charge in [-0.1, -0.05) is 43.3 Å². The highest BCUT2D eigenvalue weighted by atomic mass is 19.4. The Hall–Kier alpha value is -2.05. The van der Waals surface area contributed by atoms with Gasteiger partial charge in [-0.15, -0.1) is 13.2 Å². The second-order valence-electron chi connectivity index (χ2n) is 6.40. The van der Waals surface area contributed by atoms with Gasteiger partial charge in [-0.3, -0.25) is 4.90 Å². The molecule has 1 heterocycles. The van der Waals surface area contributed by atoms with E-state index in [2.05, 4.69) is 46.1 Å². The van der Waals surface area contributed by atoms with Gasteiger partial charge in [0.1, 0.15) is 5.75 Å². The lowest BCUT2D eigenvalue weighted by atomic mass is 9.95. The number of nitrogens with zero attached hydrogens (tertiary/aromatic N) is 1. The van der Waals surface area contributed by atoms with Gasteiger partial charge in [0.05, 0.1) is 6.04 Å². The third kappa shape index (κ3) is 4.77. The molecule has 3 nitrogen and oxygen atoms in total. The maximum atomic E-state index is 12.4. The number of piperazine rings is 1. The average molecular weight is 364 g/mol. The van der Waals surface area contributed by atoms with Crippen LogP contribution in [0.4, 0.5) is 13.2 Å². The van der Waals surface area contributed by atoms with Crippen LogP contribution in [0.5, 0.6) is 5.75 Å². The van der Waals surface area contributed by atoms with Crippen molar-refractivity contribution in [2.75, 3.05) is 26.2 Å². The molecule has 0 aromatic heterocycles. The third-order valence-electron chi connectivity index (χ3n) is 4.65. The summed E-state index contributed by atoms with van der Waals surface area (Å²) in [5.74, 6) is -0.193. The molecule has 0 spiro atoms. The predicted molar refractivity (Wildman–Crippen MR) is 95.2 cm³/mol. The smallest absolute Gasteiger partial charge is 0.406 e. The van der Waals surface area contributed by atoms with Crippen molar-refractivity contribution >= 4 is 0 Å². The Kier molecular flexibility index (Phi) is 5.84. The summed E-state index contributed by atoms with van der Waals surface area (Å²) in [6.07, 6.45) is -3.70. The molecule has 1 N–H and O–H groups in total. The van der Waals surface area contributed by atoms with Crippen LogP contribution in [0.2, 0.25) is 0 Å². The first-order valence-corrected chi connectivity index (χ1v) is 8.85. The number of hydrogen-bond donors (Lipinski definition) is 1. The van der Waals surface area contributed by atoms with E-state index >= 15 is 0 Å². The Bertz CT molecular complexity index is 692. The highest BCUT2D eigenvalue weighted by Gasteiger charge is 2.31. The lowest BCUT2D eigenvalue weighted by Gasteiger charge is -2.35. The molecule has 0 saturated carbocycles. The molecule has 1 saturated heterocycles. The number of aryl methyl sites for hydroxylation is 1. The molecule has 1 fully saturated rings. The van der Waals surface area contributed by atoms with Gasteiger partial charge in [-0.2, -0.15) is 0 Å². The molecule has 1 atom stereocenters. The van der Waals surface area contributed by atoms with Crippen LogP contribution in [0, 0.1) is 0 Å². The van der Waals surface area contributed by atoms with Crippen LogP contribution in [0.25, 0.3) is 0 Å². The van der Waals surface area contributed by atoms with E-state index < -0.39 is 6.36 Å². The second kappa shape index (κ2) is 8.10. The van der Waals surface area contributed by atoms with Gasteiger partial charge in [0.25, 0.3) is 0 Å².